The lowest BCUT2D eigenvalue weighted by atomic mass is 9.73. The molecule has 1 fully saturated rings. The van der Waals surface area contributed by atoms with Gasteiger partial charge in [-0.2, -0.15) is 0 Å². The fourth-order valence-corrected chi connectivity index (χ4v) is 3.12. The molecule has 0 aromatic rings. The van der Waals surface area contributed by atoms with Crippen LogP contribution >= 0.6 is 0 Å². The summed E-state index contributed by atoms with van der Waals surface area (Å²) in [6.45, 7) is 3.10. The van der Waals surface area contributed by atoms with Gasteiger partial charge >= 0.3 is 6.03 Å². The average molecular weight is 319 g/mol. The Balaban J connectivity index is 2.10. The molecule has 4 N–H and O–H groups in total. The molecular formula is C16H31F2N3O. The number of hydrogen-bond donors (Lipinski definition) is 3. The third-order valence-corrected chi connectivity index (χ3v) is 4.33. The highest BCUT2D eigenvalue weighted by Gasteiger charge is 2.56. The number of urea groups is 1. The van der Waals surface area contributed by atoms with E-state index in [1.165, 1.54) is 38.5 Å². The molecule has 0 aromatic carbocycles. The Labute approximate surface area is 132 Å². The zero-order valence-electron chi connectivity index (χ0n) is 13.7. The van der Waals surface area contributed by atoms with Crippen LogP contribution in [0.2, 0.25) is 0 Å². The van der Waals surface area contributed by atoms with Crippen LogP contribution in [0.15, 0.2) is 0 Å². The van der Waals surface area contributed by atoms with Crippen LogP contribution in [-0.2, 0) is 0 Å². The minimum absolute atomic E-state index is 0.176. The molecule has 4 nitrogen and oxygen atoms in total. The first kappa shape index (κ1) is 19.1. The van der Waals surface area contributed by atoms with Crippen LogP contribution in [0.5, 0.6) is 0 Å². The Kier molecular flexibility index (Phi) is 8.07. The fraction of sp³-hybridized carbons (Fsp3) is 0.938. The van der Waals surface area contributed by atoms with Crippen molar-refractivity contribution in [1.29, 1.82) is 0 Å². The molecule has 1 aliphatic carbocycles. The van der Waals surface area contributed by atoms with E-state index in [9.17, 15) is 13.6 Å². The maximum Gasteiger partial charge on any atom is 0.312 e. The SMILES string of the molecule is CCCCCCCCCCNC1(CNC(N)=O)CC(F)(F)C1. The molecule has 0 bridgehead atoms. The van der Waals surface area contributed by atoms with Gasteiger partial charge in [-0.25, -0.2) is 13.6 Å². The second-order valence-corrected chi connectivity index (χ2v) is 6.61. The molecule has 2 amide bonds. The number of nitrogens with one attached hydrogen (secondary N) is 2. The average Bonchev–Trinajstić information content (AvgIpc) is 2.41. The molecule has 0 aliphatic heterocycles. The molecule has 0 heterocycles. The normalized spacial score (nSPS) is 18.7. The molecule has 0 spiro atoms. The Hall–Kier alpha value is -0.910. The van der Waals surface area contributed by atoms with E-state index in [1.54, 1.807) is 0 Å². The lowest BCUT2D eigenvalue weighted by Gasteiger charge is -2.48. The van der Waals surface area contributed by atoms with E-state index in [-0.39, 0.29) is 19.4 Å². The summed E-state index contributed by atoms with van der Waals surface area (Å²) < 4.78 is 26.3. The van der Waals surface area contributed by atoms with Crippen molar-refractivity contribution in [3.05, 3.63) is 0 Å². The number of rotatable bonds is 12. The third kappa shape index (κ3) is 7.38. The van der Waals surface area contributed by atoms with Crippen molar-refractivity contribution in [2.45, 2.75) is 82.6 Å². The maximum atomic E-state index is 13.2. The van der Waals surface area contributed by atoms with Gasteiger partial charge in [-0.3, -0.25) is 0 Å². The first-order valence-electron chi connectivity index (χ1n) is 8.55. The van der Waals surface area contributed by atoms with Crippen molar-refractivity contribution >= 4 is 6.03 Å². The van der Waals surface area contributed by atoms with Crippen LogP contribution < -0.4 is 16.4 Å². The largest absolute Gasteiger partial charge is 0.352 e. The number of hydrogen-bond acceptors (Lipinski definition) is 2. The van der Waals surface area contributed by atoms with E-state index < -0.39 is 17.5 Å². The van der Waals surface area contributed by atoms with Crippen LogP contribution in [0.4, 0.5) is 13.6 Å². The van der Waals surface area contributed by atoms with Crippen molar-refractivity contribution in [2.75, 3.05) is 13.1 Å². The van der Waals surface area contributed by atoms with Gasteiger partial charge < -0.3 is 16.4 Å². The Morgan fingerprint density at radius 2 is 1.59 bits per heavy atom. The molecule has 0 aromatic heterocycles. The number of amides is 2. The van der Waals surface area contributed by atoms with Gasteiger partial charge in [0, 0.05) is 24.9 Å². The number of unbranched alkanes of at least 4 members (excludes halogenated alkanes) is 7. The van der Waals surface area contributed by atoms with Gasteiger partial charge in [0.15, 0.2) is 0 Å². The van der Waals surface area contributed by atoms with Crippen molar-refractivity contribution < 1.29 is 13.6 Å². The maximum absolute atomic E-state index is 13.2. The molecule has 0 atom stereocenters. The lowest BCUT2D eigenvalue weighted by molar-refractivity contribution is -0.132. The van der Waals surface area contributed by atoms with Crippen molar-refractivity contribution in [1.82, 2.24) is 10.6 Å². The van der Waals surface area contributed by atoms with Gasteiger partial charge in [-0.05, 0) is 13.0 Å². The van der Waals surface area contributed by atoms with Gasteiger partial charge in [0.1, 0.15) is 0 Å². The van der Waals surface area contributed by atoms with Crippen molar-refractivity contribution in [3.63, 3.8) is 0 Å². The second kappa shape index (κ2) is 9.28. The number of carbonyl (C=O) groups excluding carboxylic acids is 1. The molecule has 6 heteroatoms. The smallest absolute Gasteiger partial charge is 0.312 e. The van der Waals surface area contributed by atoms with Crippen LogP contribution in [0.1, 0.15) is 71.1 Å². The Morgan fingerprint density at radius 1 is 1.05 bits per heavy atom. The highest BCUT2D eigenvalue weighted by molar-refractivity contribution is 5.71. The second-order valence-electron chi connectivity index (χ2n) is 6.61. The topological polar surface area (TPSA) is 67.2 Å². The minimum atomic E-state index is -2.62. The van der Waals surface area contributed by atoms with Gasteiger partial charge in [0.25, 0.3) is 5.92 Å². The third-order valence-electron chi connectivity index (χ3n) is 4.33. The molecule has 1 saturated carbocycles. The first-order chi connectivity index (χ1) is 10.4. The molecule has 0 radical (unpaired) electrons. The van der Waals surface area contributed by atoms with Crippen LogP contribution in [-0.4, -0.2) is 30.6 Å². The molecule has 0 unspecified atom stereocenters. The summed E-state index contributed by atoms with van der Waals surface area (Å²) in [5.41, 5.74) is 4.34. The predicted molar refractivity (Wildman–Crippen MR) is 85.1 cm³/mol. The minimum Gasteiger partial charge on any atom is -0.352 e. The van der Waals surface area contributed by atoms with Gasteiger partial charge in [0.2, 0.25) is 0 Å². The van der Waals surface area contributed by atoms with Crippen LogP contribution in [0.3, 0.4) is 0 Å². The molecule has 22 heavy (non-hydrogen) atoms. The van der Waals surface area contributed by atoms with Crippen LogP contribution in [0, 0.1) is 0 Å². The fourth-order valence-electron chi connectivity index (χ4n) is 3.12. The van der Waals surface area contributed by atoms with Gasteiger partial charge in [-0.15, -0.1) is 0 Å². The first-order valence-corrected chi connectivity index (χ1v) is 8.55. The van der Waals surface area contributed by atoms with E-state index in [1.807, 2.05) is 0 Å². The zero-order valence-corrected chi connectivity index (χ0v) is 13.7. The predicted octanol–water partition coefficient (Wildman–Crippen LogP) is 3.55. The van der Waals surface area contributed by atoms with E-state index in [0.717, 1.165) is 12.8 Å². The van der Waals surface area contributed by atoms with Crippen molar-refractivity contribution in [3.8, 4) is 0 Å². The summed E-state index contributed by atoms with van der Waals surface area (Å²) in [4.78, 5) is 10.8. The number of alkyl halides is 2. The number of carbonyl (C=O) groups is 1. The monoisotopic (exact) mass is 319 g/mol. The number of primary amides is 1. The highest BCUT2D eigenvalue weighted by Crippen LogP contribution is 2.45. The summed E-state index contributed by atoms with van der Waals surface area (Å²) in [5.74, 6) is -2.62. The van der Waals surface area contributed by atoms with E-state index in [4.69, 9.17) is 5.73 Å². The van der Waals surface area contributed by atoms with E-state index in [0.29, 0.717) is 6.54 Å². The molecule has 0 saturated heterocycles. The summed E-state index contributed by atoms with van der Waals surface area (Å²) in [6.07, 6.45) is 9.29. The van der Waals surface area contributed by atoms with Crippen LogP contribution in [0.25, 0.3) is 0 Å². The standard InChI is InChI=1S/C16H31F2N3O/c1-2-3-4-5-6-7-8-9-10-21-15(13-20-14(19)22)11-16(17,18)12-15/h21H,2-13H2,1H3,(H3,19,20,22). The molecule has 1 rings (SSSR count). The van der Waals surface area contributed by atoms with Gasteiger partial charge in [-0.1, -0.05) is 51.9 Å². The summed E-state index contributed by atoms with van der Waals surface area (Å²) >= 11 is 0. The highest BCUT2D eigenvalue weighted by atomic mass is 19.3. The summed E-state index contributed by atoms with van der Waals surface area (Å²) in [6, 6.07) is -0.663. The summed E-state index contributed by atoms with van der Waals surface area (Å²) in [7, 11) is 0. The van der Waals surface area contributed by atoms with Crippen molar-refractivity contribution in [2.24, 2.45) is 5.73 Å². The lowest BCUT2D eigenvalue weighted by Crippen LogP contribution is -2.66. The molecule has 130 valence electrons. The number of nitrogens with two attached hydrogens (primary N) is 1. The Bertz CT molecular complexity index is 329. The van der Waals surface area contributed by atoms with E-state index >= 15 is 0 Å². The molecular weight excluding hydrogens is 288 g/mol. The molecule has 1 aliphatic rings. The van der Waals surface area contributed by atoms with E-state index in [2.05, 4.69) is 17.6 Å². The van der Waals surface area contributed by atoms with Gasteiger partial charge in [0.05, 0.1) is 0 Å². The Morgan fingerprint density at radius 3 is 2.09 bits per heavy atom. The zero-order chi connectivity index (χ0) is 16.5. The summed E-state index contributed by atoms with van der Waals surface area (Å²) in [5, 5.41) is 5.65. The number of halogens is 2. The quantitative estimate of drug-likeness (QED) is 0.482.